The molecule has 27 heavy (non-hydrogen) atoms. The van der Waals surface area contributed by atoms with Crippen LogP contribution in [0.1, 0.15) is 55.6 Å². The van der Waals surface area contributed by atoms with E-state index >= 15 is 0 Å². The predicted octanol–water partition coefficient (Wildman–Crippen LogP) is 4.10. The van der Waals surface area contributed by atoms with E-state index in [0.717, 1.165) is 44.3 Å². The second-order valence-corrected chi connectivity index (χ2v) is 8.49. The predicted molar refractivity (Wildman–Crippen MR) is 115 cm³/mol. The quantitative estimate of drug-likeness (QED) is 0.407. The number of thiophene rings is 1. The normalized spacial score (nSPS) is 17.0. The van der Waals surface area contributed by atoms with Crippen LogP contribution < -0.4 is 10.6 Å². The molecule has 0 unspecified atom stereocenters. The molecule has 0 spiro atoms. The first kappa shape index (κ1) is 19.9. The van der Waals surface area contributed by atoms with Gasteiger partial charge in [-0.2, -0.15) is 0 Å². The molecular weight excluding hydrogens is 354 g/mol. The zero-order chi connectivity index (χ0) is 19.0. The van der Waals surface area contributed by atoms with Gasteiger partial charge < -0.3 is 15.2 Å². The van der Waals surface area contributed by atoms with Gasteiger partial charge in [0.2, 0.25) is 0 Å². The molecule has 0 atom stereocenters. The number of imidazole rings is 1. The number of nitrogens with one attached hydrogen (secondary N) is 2. The maximum Gasteiger partial charge on any atom is 0.191 e. The minimum atomic E-state index is 0.281. The number of unbranched alkanes of at least 4 members (excludes halogenated alkanes) is 1. The van der Waals surface area contributed by atoms with Crippen LogP contribution in [0.3, 0.4) is 0 Å². The fourth-order valence-corrected chi connectivity index (χ4v) is 5.03. The maximum absolute atomic E-state index is 4.43. The molecule has 148 valence electrons. The molecule has 2 heterocycles. The first-order valence-electron chi connectivity index (χ1n) is 10.2. The average Bonchev–Trinajstić information content (AvgIpc) is 3.37. The summed E-state index contributed by atoms with van der Waals surface area (Å²) in [6.45, 7) is 5.00. The van der Waals surface area contributed by atoms with Crippen LogP contribution in [0.5, 0.6) is 0 Å². The number of hydrogen-bond donors (Lipinski definition) is 2. The molecule has 5 nitrogen and oxygen atoms in total. The van der Waals surface area contributed by atoms with Crippen molar-refractivity contribution in [1.29, 1.82) is 0 Å². The number of aliphatic imine (C=N–C) groups is 1. The molecular formula is C21H33N5S. The Balaban J connectivity index is 1.43. The molecule has 2 N–H and O–H groups in total. The van der Waals surface area contributed by atoms with Gasteiger partial charge in [0.25, 0.3) is 0 Å². The Labute approximate surface area is 167 Å². The number of guanidine groups is 1. The summed E-state index contributed by atoms with van der Waals surface area (Å²) < 4.78 is 2.21. The van der Waals surface area contributed by atoms with Crippen molar-refractivity contribution in [3.63, 3.8) is 0 Å². The van der Waals surface area contributed by atoms with Crippen LogP contribution in [0, 0.1) is 6.92 Å². The second kappa shape index (κ2) is 9.93. The standard InChI is InChI=1S/C21H33N5S/c1-18-23-13-15-26(18)14-7-6-12-24-20(22-2)25-17-21(10-4-3-5-11-21)19-9-8-16-27-19/h8-9,13,15-16H,3-7,10-12,14,17H2,1-2H3,(H2,22,24,25). The smallest absolute Gasteiger partial charge is 0.191 e. The number of aryl methyl sites for hydroxylation is 2. The summed E-state index contributed by atoms with van der Waals surface area (Å²) in [7, 11) is 1.86. The van der Waals surface area contributed by atoms with Gasteiger partial charge in [-0.15, -0.1) is 11.3 Å². The zero-order valence-corrected chi connectivity index (χ0v) is 17.5. The van der Waals surface area contributed by atoms with Crippen molar-refractivity contribution in [2.75, 3.05) is 20.1 Å². The van der Waals surface area contributed by atoms with Gasteiger partial charge in [0.15, 0.2) is 5.96 Å². The third-order valence-corrected chi connectivity index (χ3v) is 6.83. The second-order valence-electron chi connectivity index (χ2n) is 7.55. The van der Waals surface area contributed by atoms with E-state index in [4.69, 9.17) is 0 Å². The average molecular weight is 388 g/mol. The molecule has 0 radical (unpaired) electrons. The first-order valence-corrected chi connectivity index (χ1v) is 11.1. The van der Waals surface area contributed by atoms with Crippen molar-refractivity contribution < 1.29 is 0 Å². The number of rotatable bonds is 8. The van der Waals surface area contributed by atoms with Crippen molar-refractivity contribution >= 4 is 17.3 Å². The van der Waals surface area contributed by atoms with Crippen molar-refractivity contribution in [1.82, 2.24) is 20.2 Å². The summed E-state index contributed by atoms with van der Waals surface area (Å²) in [6.07, 6.45) is 12.8. The van der Waals surface area contributed by atoms with E-state index in [9.17, 15) is 0 Å². The molecule has 2 aromatic heterocycles. The van der Waals surface area contributed by atoms with Gasteiger partial charge in [-0.3, -0.25) is 4.99 Å². The van der Waals surface area contributed by atoms with E-state index in [-0.39, 0.29) is 5.41 Å². The van der Waals surface area contributed by atoms with Crippen LogP contribution in [0.4, 0.5) is 0 Å². The number of aromatic nitrogens is 2. The molecule has 1 aliphatic carbocycles. The minimum Gasteiger partial charge on any atom is -0.356 e. The lowest BCUT2D eigenvalue weighted by Gasteiger charge is -2.37. The van der Waals surface area contributed by atoms with Gasteiger partial charge in [-0.1, -0.05) is 25.3 Å². The van der Waals surface area contributed by atoms with Gasteiger partial charge in [-0.05, 0) is 44.1 Å². The largest absolute Gasteiger partial charge is 0.356 e. The van der Waals surface area contributed by atoms with E-state index in [1.165, 1.54) is 37.0 Å². The topological polar surface area (TPSA) is 54.2 Å². The molecule has 2 aromatic rings. The fourth-order valence-electron chi connectivity index (χ4n) is 4.05. The lowest BCUT2D eigenvalue weighted by molar-refractivity contribution is 0.296. The summed E-state index contributed by atoms with van der Waals surface area (Å²) >= 11 is 1.90. The molecule has 0 bridgehead atoms. The third-order valence-electron chi connectivity index (χ3n) is 5.71. The lowest BCUT2D eigenvalue weighted by Crippen LogP contribution is -2.46. The first-order chi connectivity index (χ1) is 13.2. The number of nitrogens with zero attached hydrogens (tertiary/aromatic N) is 3. The SMILES string of the molecule is CN=C(NCCCCn1ccnc1C)NCC1(c2cccs2)CCCCC1. The van der Waals surface area contributed by atoms with Gasteiger partial charge in [0.05, 0.1) is 0 Å². The molecule has 1 saturated carbocycles. The van der Waals surface area contributed by atoms with Crippen LogP contribution in [-0.2, 0) is 12.0 Å². The van der Waals surface area contributed by atoms with E-state index in [0.29, 0.717) is 0 Å². The highest BCUT2D eigenvalue weighted by molar-refractivity contribution is 7.10. The molecule has 1 aliphatic rings. The van der Waals surface area contributed by atoms with Gasteiger partial charge >= 0.3 is 0 Å². The summed E-state index contributed by atoms with van der Waals surface area (Å²) in [5.41, 5.74) is 0.281. The Morgan fingerprint density at radius 3 is 2.78 bits per heavy atom. The molecule has 0 aliphatic heterocycles. The number of hydrogen-bond acceptors (Lipinski definition) is 3. The van der Waals surface area contributed by atoms with Crippen molar-refractivity contribution in [2.24, 2.45) is 4.99 Å². The molecule has 3 rings (SSSR count). The Morgan fingerprint density at radius 2 is 2.11 bits per heavy atom. The molecule has 0 amide bonds. The minimum absolute atomic E-state index is 0.281. The molecule has 0 saturated heterocycles. The van der Waals surface area contributed by atoms with Gasteiger partial charge in [0, 0.05) is 49.4 Å². The maximum atomic E-state index is 4.43. The van der Waals surface area contributed by atoms with Crippen LogP contribution in [0.15, 0.2) is 34.9 Å². The van der Waals surface area contributed by atoms with Crippen LogP contribution >= 0.6 is 11.3 Å². The monoisotopic (exact) mass is 387 g/mol. The van der Waals surface area contributed by atoms with Crippen molar-refractivity contribution in [2.45, 2.75) is 63.8 Å². The Kier molecular flexibility index (Phi) is 7.33. The molecule has 1 fully saturated rings. The molecule has 0 aromatic carbocycles. The van der Waals surface area contributed by atoms with Crippen molar-refractivity contribution in [3.8, 4) is 0 Å². The Hall–Kier alpha value is -1.82. The van der Waals surface area contributed by atoms with Crippen LogP contribution in [0.25, 0.3) is 0 Å². The third kappa shape index (κ3) is 5.34. The highest BCUT2D eigenvalue weighted by atomic mass is 32.1. The Morgan fingerprint density at radius 1 is 1.26 bits per heavy atom. The van der Waals surface area contributed by atoms with Crippen LogP contribution in [-0.4, -0.2) is 35.6 Å². The van der Waals surface area contributed by atoms with Gasteiger partial charge in [0.1, 0.15) is 5.82 Å². The zero-order valence-electron chi connectivity index (χ0n) is 16.7. The lowest BCUT2D eigenvalue weighted by atomic mass is 9.73. The summed E-state index contributed by atoms with van der Waals surface area (Å²) in [5.74, 6) is 2.02. The highest BCUT2D eigenvalue weighted by Crippen LogP contribution is 2.41. The summed E-state index contributed by atoms with van der Waals surface area (Å²) in [5, 5.41) is 9.30. The van der Waals surface area contributed by atoms with Gasteiger partial charge in [-0.25, -0.2) is 4.98 Å². The van der Waals surface area contributed by atoms with Crippen LogP contribution in [0.2, 0.25) is 0 Å². The Bertz CT molecular complexity index is 698. The van der Waals surface area contributed by atoms with Crippen molar-refractivity contribution in [3.05, 3.63) is 40.6 Å². The van der Waals surface area contributed by atoms with E-state index in [1.54, 1.807) is 0 Å². The fraction of sp³-hybridized carbons (Fsp3) is 0.619. The molecule has 6 heteroatoms. The van der Waals surface area contributed by atoms with E-state index < -0.39 is 0 Å². The summed E-state index contributed by atoms with van der Waals surface area (Å²) in [4.78, 5) is 10.2. The van der Waals surface area contributed by atoms with E-state index in [2.05, 4.69) is 55.8 Å². The highest BCUT2D eigenvalue weighted by Gasteiger charge is 2.34. The van der Waals surface area contributed by atoms with E-state index in [1.807, 2.05) is 24.6 Å². The summed E-state index contributed by atoms with van der Waals surface area (Å²) in [6, 6.07) is 4.50.